The van der Waals surface area contributed by atoms with Crippen molar-refractivity contribution < 1.29 is 28.5 Å². The molecular formula is C29H32BrNO6. The Hall–Kier alpha value is -3.26. The van der Waals surface area contributed by atoms with Crippen molar-refractivity contribution in [3.8, 4) is 17.2 Å². The molecule has 0 saturated carbocycles. The fraction of sp³-hybridized carbons (Fsp3) is 0.379. The average Bonchev–Trinajstić information content (AvgIpc) is 2.90. The van der Waals surface area contributed by atoms with Gasteiger partial charge in [0.2, 0.25) is 0 Å². The van der Waals surface area contributed by atoms with E-state index in [1.807, 2.05) is 50.2 Å². The number of allylic oxidation sites excluding steroid dienone is 3. The minimum Gasteiger partial charge on any atom is -0.496 e. The SMILES string of the molecule is CCCOC(=O)C1=C(C)NC2=C(C(=O)C[C@H](c3ccc(OC)c(OC)c3)C2)[C@H]1c1cc(Br)ccc1OC. The van der Waals surface area contributed by atoms with Gasteiger partial charge in [0, 0.05) is 33.4 Å². The average molecular weight is 570 g/mol. The molecule has 1 N–H and O–H groups in total. The first-order chi connectivity index (χ1) is 17.8. The van der Waals surface area contributed by atoms with Crippen LogP contribution in [-0.2, 0) is 14.3 Å². The molecule has 0 spiro atoms. The first-order valence-corrected chi connectivity index (χ1v) is 13.1. The van der Waals surface area contributed by atoms with Crippen LogP contribution in [0.5, 0.6) is 17.2 Å². The summed E-state index contributed by atoms with van der Waals surface area (Å²) in [4.78, 5) is 27.2. The molecule has 1 aliphatic carbocycles. The van der Waals surface area contributed by atoms with Gasteiger partial charge in [0.05, 0.1) is 39.4 Å². The molecule has 2 aromatic rings. The molecule has 0 amide bonds. The van der Waals surface area contributed by atoms with Crippen molar-refractivity contribution in [1.29, 1.82) is 0 Å². The van der Waals surface area contributed by atoms with E-state index in [-0.39, 0.29) is 11.7 Å². The molecule has 196 valence electrons. The maximum absolute atomic E-state index is 13.9. The highest BCUT2D eigenvalue weighted by molar-refractivity contribution is 9.10. The molecule has 0 aromatic heterocycles. The molecule has 0 radical (unpaired) electrons. The molecular weight excluding hydrogens is 538 g/mol. The molecule has 4 rings (SSSR count). The number of carbonyl (C=O) groups excluding carboxylic acids is 2. The molecule has 8 heteroatoms. The Kier molecular flexibility index (Phi) is 8.27. The first-order valence-electron chi connectivity index (χ1n) is 12.3. The normalized spacial score (nSPS) is 19.2. The fourth-order valence-corrected chi connectivity index (χ4v) is 5.55. The van der Waals surface area contributed by atoms with E-state index in [9.17, 15) is 9.59 Å². The van der Waals surface area contributed by atoms with E-state index in [1.54, 1.807) is 21.3 Å². The smallest absolute Gasteiger partial charge is 0.336 e. The summed E-state index contributed by atoms with van der Waals surface area (Å²) < 4.78 is 22.9. The number of carbonyl (C=O) groups is 2. The van der Waals surface area contributed by atoms with Crippen LogP contribution in [0.25, 0.3) is 0 Å². The highest BCUT2D eigenvalue weighted by atomic mass is 79.9. The Morgan fingerprint density at radius 1 is 1.00 bits per heavy atom. The summed E-state index contributed by atoms with van der Waals surface area (Å²) in [5.41, 5.74) is 4.24. The second kappa shape index (κ2) is 11.4. The van der Waals surface area contributed by atoms with Gasteiger partial charge in [0.1, 0.15) is 5.75 Å². The third-order valence-electron chi connectivity index (χ3n) is 6.87. The summed E-state index contributed by atoms with van der Waals surface area (Å²) in [6.45, 7) is 4.11. The van der Waals surface area contributed by atoms with E-state index in [1.165, 1.54) is 0 Å². The molecule has 1 aliphatic heterocycles. The molecule has 0 saturated heterocycles. The van der Waals surface area contributed by atoms with Crippen molar-refractivity contribution in [2.24, 2.45) is 0 Å². The van der Waals surface area contributed by atoms with Gasteiger partial charge in [-0.2, -0.15) is 0 Å². The van der Waals surface area contributed by atoms with Crippen LogP contribution in [0.4, 0.5) is 0 Å². The summed E-state index contributed by atoms with van der Waals surface area (Å²) in [7, 11) is 4.78. The zero-order valence-electron chi connectivity index (χ0n) is 21.8. The summed E-state index contributed by atoms with van der Waals surface area (Å²) in [6.07, 6.45) is 1.62. The maximum Gasteiger partial charge on any atom is 0.336 e. The van der Waals surface area contributed by atoms with Gasteiger partial charge in [-0.25, -0.2) is 4.79 Å². The minimum atomic E-state index is -0.605. The Balaban J connectivity index is 1.81. The Morgan fingerprint density at radius 3 is 2.38 bits per heavy atom. The van der Waals surface area contributed by atoms with Gasteiger partial charge in [-0.3, -0.25) is 4.79 Å². The number of benzene rings is 2. The van der Waals surface area contributed by atoms with Gasteiger partial charge in [-0.1, -0.05) is 28.9 Å². The lowest BCUT2D eigenvalue weighted by atomic mass is 9.71. The van der Waals surface area contributed by atoms with E-state index in [0.29, 0.717) is 60.0 Å². The zero-order valence-corrected chi connectivity index (χ0v) is 23.4. The minimum absolute atomic E-state index is 0.0196. The Bertz CT molecular complexity index is 1280. The monoisotopic (exact) mass is 569 g/mol. The van der Waals surface area contributed by atoms with Gasteiger partial charge in [-0.05, 0) is 61.6 Å². The summed E-state index contributed by atoms with van der Waals surface area (Å²) in [5.74, 6) is 0.758. The number of esters is 1. The van der Waals surface area contributed by atoms with Crippen LogP contribution in [0.3, 0.4) is 0 Å². The molecule has 1 heterocycles. The summed E-state index contributed by atoms with van der Waals surface area (Å²) in [5, 5.41) is 3.39. The van der Waals surface area contributed by atoms with Crippen LogP contribution in [0.1, 0.15) is 56.1 Å². The third-order valence-corrected chi connectivity index (χ3v) is 7.36. The predicted octanol–water partition coefficient (Wildman–Crippen LogP) is 5.79. The third kappa shape index (κ3) is 5.25. The van der Waals surface area contributed by atoms with Crippen LogP contribution in [0.15, 0.2) is 63.4 Å². The van der Waals surface area contributed by atoms with E-state index < -0.39 is 11.9 Å². The van der Waals surface area contributed by atoms with Crippen LogP contribution in [0.2, 0.25) is 0 Å². The fourth-order valence-electron chi connectivity index (χ4n) is 5.17. The number of hydrogen-bond donors (Lipinski definition) is 1. The highest BCUT2D eigenvalue weighted by Gasteiger charge is 2.42. The molecule has 2 aromatic carbocycles. The second-order valence-corrected chi connectivity index (χ2v) is 10.1. The van der Waals surface area contributed by atoms with Crippen molar-refractivity contribution in [2.75, 3.05) is 27.9 Å². The van der Waals surface area contributed by atoms with Gasteiger partial charge in [-0.15, -0.1) is 0 Å². The topological polar surface area (TPSA) is 83.1 Å². The lowest BCUT2D eigenvalue weighted by molar-refractivity contribution is -0.139. The van der Waals surface area contributed by atoms with Crippen LogP contribution in [0, 0.1) is 0 Å². The quantitative estimate of drug-likeness (QED) is 0.403. The van der Waals surface area contributed by atoms with Gasteiger partial charge < -0.3 is 24.3 Å². The molecule has 2 atom stereocenters. The van der Waals surface area contributed by atoms with Gasteiger partial charge in [0.25, 0.3) is 0 Å². The zero-order chi connectivity index (χ0) is 26.7. The van der Waals surface area contributed by atoms with Crippen molar-refractivity contribution in [3.05, 3.63) is 74.5 Å². The number of methoxy groups -OCH3 is 3. The predicted molar refractivity (Wildman–Crippen MR) is 144 cm³/mol. The Labute approximate surface area is 225 Å². The first kappa shape index (κ1) is 26.8. The number of nitrogens with one attached hydrogen (secondary N) is 1. The van der Waals surface area contributed by atoms with E-state index >= 15 is 0 Å². The molecule has 0 bridgehead atoms. The molecule has 0 unspecified atom stereocenters. The van der Waals surface area contributed by atoms with Crippen LogP contribution in [-0.4, -0.2) is 39.7 Å². The lowest BCUT2D eigenvalue weighted by Gasteiger charge is -2.37. The van der Waals surface area contributed by atoms with E-state index in [2.05, 4.69) is 21.2 Å². The molecule has 2 aliphatic rings. The number of Topliss-reactive ketones (excluding diaryl/α,β-unsaturated/α-hetero) is 1. The number of ether oxygens (including phenoxy) is 4. The Morgan fingerprint density at radius 2 is 1.70 bits per heavy atom. The summed E-state index contributed by atoms with van der Waals surface area (Å²) >= 11 is 3.55. The van der Waals surface area contributed by atoms with Crippen LogP contribution < -0.4 is 19.5 Å². The molecule has 37 heavy (non-hydrogen) atoms. The van der Waals surface area contributed by atoms with Crippen molar-refractivity contribution >= 4 is 27.7 Å². The lowest BCUT2D eigenvalue weighted by Crippen LogP contribution is -2.36. The van der Waals surface area contributed by atoms with Crippen molar-refractivity contribution in [2.45, 2.75) is 44.9 Å². The largest absolute Gasteiger partial charge is 0.496 e. The van der Waals surface area contributed by atoms with Gasteiger partial charge >= 0.3 is 5.97 Å². The summed E-state index contributed by atoms with van der Waals surface area (Å²) in [6, 6.07) is 11.4. The van der Waals surface area contributed by atoms with E-state index in [4.69, 9.17) is 18.9 Å². The van der Waals surface area contributed by atoms with Crippen molar-refractivity contribution in [3.63, 3.8) is 0 Å². The van der Waals surface area contributed by atoms with Gasteiger partial charge in [0.15, 0.2) is 17.3 Å². The van der Waals surface area contributed by atoms with E-state index in [0.717, 1.165) is 21.3 Å². The molecule has 0 fully saturated rings. The second-order valence-electron chi connectivity index (χ2n) is 9.15. The standard InChI is InChI=1S/C29H32BrNO6/c1-6-11-37-29(33)26-16(2)31-21-12-18(17-7-9-24(35-4)25(14-17)36-5)13-22(32)28(21)27(26)20-15-19(30)8-10-23(20)34-3/h7-10,14-15,18,27,31H,6,11-13H2,1-5H3/t18-,27+/m1/s1. The highest BCUT2D eigenvalue weighted by Crippen LogP contribution is 2.48. The van der Waals surface area contributed by atoms with Crippen LogP contribution >= 0.6 is 15.9 Å². The molecule has 7 nitrogen and oxygen atoms in total. The number of dihydropyridines is 1. The van der Waals surface area contributed by atoms with Crippen molar-refractivity contribution in [1.82, 2.24) is 5.32 Å². The number of hydrogen-bond acceptors (Lipinski definition) is 7. The number of rotatable bonds is 8. The number of ketones is 1. The number of halogens is 1. The maximum atomic E-state index is 13.9.